The van der Waals surface area contributed by atoms with Crippen molar-refractivity contribution >= 4 is 11.1 Å². The van der Waals surface area contributed by atoms with Gasteiger partial charge in [-0.15, -0.1) is 0 Å². The van der Waals surface area contributed by atoms with E-state index in [1.54, 1.807) is 19.1 Å². The van der Waals surface area contributed by atoms with Gasteiger partial charge in [-0.25, -0.2) is 9.78 Å². The number of aromatic nitrogens is 1. The molecule has 4 heteroatoms. The largest absolute Gasteiger partial charge is 0.505 e. The molecule has 0 bridgehead atoms. The third kappa shape index (κ3) is 1.26. The van der Waals surface area contributed by atoms with Crippen LogP contribution in [0.2, 0.25) is 0 Å². The number of aryl methyl sites for hydroxylation is 1. The highest BCUT2D eigenvalue weighted by atomic mass is 16.4. The second-order valence-corrected chi connectivity index (χ2v) is 2.75. The van der Waals surface area contributed by atoms with E-state index in [2.05, 4.69) is 4.98 Å². The number of hydrogen-bond donors (Lipinski definition) is 1. The van der Waals surface area contributed by atoms with Crippen LogP contribution in [0.3, 0.4) is 0 Å². The van der Waals surface area contributed by atoms with E-state index in [4.69, 9.17) is 4.42 Å². The minimum Gasteiger partial charge on any atom is -0.505 e. The Kier molecular flexibility index (Phi) is 1.55. The smallest absolute Gasteiger partial charge is 0.340 e. The molecule has 0 atom stereocenters. The first-order valence-corrected chi connectivity index (χ1v) is 3.77. The van der Waals surface area contributed by atoms with Gasteiger partial charge in [0.2, 0.25) is 0 Å². The van der Waals surface area contributed by atoms with Crippen LogP contribution in [-0.2, 0) is 0 Å². The van der Waals surface area contributed by atoms with Gasteiger partial charge in [0, 0.05) is 5.69 Å². The summed E-state index contributed by atoms with van der Waals surface area (Å²) in [4.78, 5) is 14.9. The maximum absolute atomic E-state index is 10.8. The number of fused-ring (bicyclic) bond motifs is 1. The molecule has 66 valence electrons. The third-order valence-electron chi connectivity index (χ3n) is 1.71. The Morgan fingerprint density at radius 1 is 1.46 bits per heavy atom. The average molecular weight is 177 g/mol. The fourth-order valence-corrected chi connectivity index (χ4v) is 1.13. The molecule has 13 heavy (non-hydrogen) atoms. The van der Waals surface area contributed by atoms with Crippen molar-refractivity contribution in [3.05, 3.63) is 34.3 Å². The van der Waals surface area contributed by atoms with E-state index in [1.165, 1.54) is 0 Å². The Bertz CT molecular complexity index is 516. The molecule has 2 aromatic heterocycles. The Labute approximate surface area is 73.5 Å². The zero-order valence-corrected chi connectivity index (χ0v) is 6.94. The highest BCUT2D eigenvalue weighted by Crippen LogP contribution is 2.19. The summed E-state index contributed by atoms with van der Waals surface area (Å²) >= 11 is 0. The molecule has 0 aromatic carbocycles. The molecule has 2 heterocycles. The van der Waals surface area contributed by atoms with Gasteiger partial charge in [-0.3, -0.25) is 0 Å². The summed E-state index contributed by atoms with van der Waals surface area (Å²) in [6.07, 6.45) is 0. The molecule has 1 N–H and O–H groups in total. The zero-order chi connectivity index (χ0) is 9.42. The standard InChI is InChI=1S/C9H7NO3/c1-5-2-3-7-9(10-5)6(11)4-8(12)13-7/h2-4,11H,1H3. The molecule has 0 fully saturated rings. The van der Waals surface area contributed by atoms with E-state index in [9.17, 15) is 9.90 Å². The van der Waals surface area contributed by atoms with E-state index in [0.717, 1.165) is 11.8 Å². The van der Waals surface area contributed by atoms with E-state index in [0.29, 0.717) is 11.1 Å². The monoisotopic (exact) mass is 177 g/mol. The maximum Gasteiger partial charge on any atom is 0.340 e. The average Bonchev–Trinajstić information content (AvgIpc) is 2.06. The molecule has 0 aliphatic carbocycles. The first-order chi connectivity index (χ1) is 6.16. The molecule has 0 spiro atoms. The lowest BCUT2D eigenvalue weighted by molar-refractivity contribution is 0.466. The van der Waals surface area contributed by atoms with Crippen LogP contribution >= 0.6 is 0 Å². The number of nitrogens with zero attached hydrogens (tertiary/aromatic N) is 1. The van der Waals surface area contributed by atoms with Crippen LogP contribution in [0.15, 0.2) is 27.4 Å². The molecule has 0 radical (unpaired) electrons. The van der Waals surface area contributed by atoms with Crippen molar-refractivity contribution < 1.29 is 9.52 Å². The Morgan fingerprint density at radius 2 is 2.23 bits per heavy atom. The first-order valence-electron chi connectivity index (χ1n) is 3.77. The number of hydrogen-bond acceptors (Lipinski definition) is 4. The van der Waals surface area contributed by atoms with Gasteiger partial charge < -0.3 is 9.52 Å². The van der Waals surface area contributed by atoms with Gasteiger partial charge in [-0.1, -0.05) is 0 Å². The second-order valence-electron chi connectivity index (χ2n) is 2.75. The Hall–Kier alpha value is -1.84. The highest BCUT2D eigenvalue weighted by molar-refractivity contribution is 5.78. The molecule has 0 unspecified atom stereocenters. The van der Waals surface area contributed by atoms with Gasteiger partial charge in [0.05, 0.1) is 6.07 Å². The maximum atomic E-state index is 10.8. The SMILES string of the molecule is Cc1ccc2oc(=O)cc(O)c2n1. The molecular formula is C9H7NO3. The summed E-state index contributed by atoms with van der Waals surface area (Å²) in [5.74, 6) is -0.144. The van der Waals surface area contributed by atoms with E-state index in [-0.39, 0.29) is 5.75 Å². The minimum atomic E-state index is -0.573. The Balaban J connectivity index is 2.95. The molecule has 4 nitrogen and oxygen atoms in total. The normalized spacial score (nSPS) is 10.5. The van der Waals surface area contributed by atoms with E-state index < -0.39 is 5.63 Å². The summed E-state index contributed by atoms with van der Waals surface area (Å²) in [6.45, 7) is 1.80. The fourth-order valence-electron chi connectivity index (χ4n) is 1.13. The Morgan fingerprint density at radius 3 is 3.00 bits per heavy atom. The topological polar surface area (TPSA) is 63.3 Å². The number of aromatic hydroxyl groups is 1. The van der Waals surface area contributed by atoms with Crippen molar-refractivity contribution in [2.45, 2.75) is 6.92 Å². The van der Waals surface area contributed by atoms with Gasteiger partial charge >= 0.3 is 5.63 Å². The molecule has 0 saturated heterocycles. The van der Waals surface area contributed by atoms with Crippen molar-refractivity contribution in [2.75, 3.05) is 0 Å². The van der Waals surface area contributed by atoms with Crippen LogP contribution in [-0.4, -0.2) is 10.1 Å². The van der Waals surface area contributed by atoms with Crippen molar-refractivity contribution in [2.24, 2.45) is 0 Å². The molecule has 2 aromatic rings. The molecule has 0 saturated carbocycles. The number of rotatable bonds is 0. The predicted molar refractivity (Wildman–Crippen MR) is 46.7 cm³/mol. The second kappa shape index (κ2) is 2.58. The van der Waals surface area contributed by atoms with Crippen LogP contribution in [0.1, 0.15) is 5.69 Å². The number of pyridine rings is 1. The van der Waals surface area contributed by atoms with Gasteiger partial charge in [0.15, 0.2) is 11.3 Å². The highest BCUT2D eigenvalue weighted by Gasteiger charge is 2.04. The van der Waals surface area contributed by atoms with E-state index >= 15 is 0 Å². The van der Waals surface area contributed by atoms with Crippen LogP contribution in [0.5, 0.6) is 5.75 Å². The van der Waals surface area contributed by atoms with Gasteiger partial charge in [0.25, 0.3) is 0 Å². The van der Waals surface area contributed by atoms with Crippen LogP contribution < -0.4 is 5.63 Å². The summed E-state index contributed by atoms with van der Waals surface area (Å²) in [5, 5.41) is 9.35. The van der Waals surface area contributed by atoms with Gasteiger partial charge in [-0.05, 0) is 19.1 Å². The van der Waals surface area contributed by atoms with Gasteiger partial charge in [0.1, 0.15) is 5.52 Å². The zero-order valence-electron chi connectivity index (χ0n) is 6.94. The molecule has 0 aliphatic rings. The van der Waals surface area contributed by atoms with Crippen molar-refractivity contribution in [1.82, 2.24) is 4.98 Å². The lowest BCUT2D eigenvalue weighted by Crippen LogP contribution is -1.96. The van der Waals surface area contributed by atoms with Crippen molar-refractivity contribution in [3.8, 4) is 5.75 Å². The van der Waals surface area contributed by atoms with Crippen molar-refractivity contribution in [3.63, 3.8) is 0 Å². The first kappa shape index (κ1) is 7.79. The lowest BCUT2D eigenvalue weighted by Gasteiger charge is -1.98. The summed E-state index contributed by atoms with van der Waals surface area (Å²) in [6, 6.07) is 4.33. The minimum absolute atomic E-state index is 0.144. The lowest BCUT2D eigenvalue weighted by atomic mass is 10.3. The summed E-state index contributed by atoms with van der Waals surface area (Å²) < 4.78 is 4.82. The van der Waals surface area contributed by atoms with Crippen LogP contribution in [0.25, 0.3) is 11.1 Å². The molecule has 2 rings (SSSR count). The summed E-state index contributed by atoms with van der Waals surface area (Å²) in [5.41, 5.74) is 0.808. The quantitative estimate of drug-likeness (QED) is 0.656. The molecule has 0 amide bonds. The molecule has 0 aliphatic heterocycles. The predicted octanol–water partition coefficient (Wildman–Crippen LogP) is 1.20. The third-order valence-corrected chi connectivity index (χ3v) is 1.71. The summed E-state index contributed by atoms with van der Waals surface area (Å²) in [7, 11) is 0. The van der Waals surface area contributed by atoms with E-state index in [1.807, 2.05) is 0 Å². The fraction of sp³-hybridized carbons (Fsp3) is 0.111. The van der Waals surface area contributed by atoms with Crippen LogP contribution in [0, 0.1) is 6.92 Å². The molecular weight excluding hydrogens is 170 g/mol. The van der Waals surface area contributed by atoms with Gasteiger partial charge in [-0.2, -0.15) is 0 Å². The van der Waals surface area contributed by atoms with Crippen molar-refractivity contribution in [1.29, 1.82) is 0 Å². The van der Waals surface area contributed by atoms with Crippen LogP contribution in [0.4, 0.5) is 0 Å².